The maximum absolute atomic E-state index is 12.8. The number of nitrogens with zero attached hydrogens (tertiary/aromatic N) is 3. The number of fused-ring (bicyclic) bond motifs is 1. The predicted octanol–water partition coefficient (Wildman–Crippen LogP) is 3.16. The van der Waals surface area contributed by atoms with E-state index in [0.29, 0.717) is 6.42 Å². The van der Waals surface area contributed by atoms with Gasteiger partial charge in [0.15, 0.2) is 0 Å². The molecule has 0 bridgehead atoms. The van der Waals surface area contributed by atoms with Gasteiger partial charge < -0.3 is 4.90 Å². The second kappa shape index (κ2) is 8.31. The third kappa shape index (κ3) is 4.34. The van der Waals surface area contributed by atoms with Crippen LogP contribution < -0.4 is 0 Å². The van der Waals surface area contributed by atoms with E-state index >= 15 is 0 Å². The van der Waals surface area contributed by atoms with E-state index in [-0.39, 0.29) is 5.91 Å². The summed E-state index contributed by atoms with van der Waals surface area (Å²) in [7, 11) is 0. The van der Waals surface area contributed by atoms with Crippen LogP contribution in [0.5, 0.6) is 0 Å². The van der Waals surface area contributed by atoms with E-state index in [2.05, 4.69) is 46.3 Å². The van der Waals surface area contributed by atoms with E-state index in [1.165, 1.54) is 16.3 Å². The molecule has 1 aromatic heterocycles. The van der Waals surface area contributed by atoms with Crippen molar-refractivity contribution in [2.75, 3.05) is 32.7 Å². The minimum Gasteiger partial charge on any atom is -0.340 e. The maximum Gasteiger partial charge on any atom is 0.227 e. The molecule has 4 nitrogen and oxygen atoms in total. The maximum atomic E-state index is 12.8. The van der Waals surface area contributed by atoms with Crippen molar-refractivity contribution in [1.82, 2.24) is 14.8 Å². The zero-order valence-corrected chi connectivity index (χ0v) is 15.6. The van der Waals surface area contributed by atoms with Crippen LogP contribution >= 0.6 is 0 Å². The third-order valence-corrected chi connectivity index (χ3v) is 5.41. The number of hydrogen-bond acceptors (Lipinski definition) is 3. The van der Waals surface area contributed by atoms with Crippen molar-refractivity contribution in [2.45, 2.75) is 12.8 Å². The lowest BCUT2D eigenvalue weighted by Crippen LogP contribution is -2.49. The summed E-state index contributed by atoms with van der Waals surface area (Å²) in [6.45, 7) is 4.58. The fraction of sp³-hybridized carbons (Fsp3) is 0.304. The molecule has 2 aromatic carbocycles. The number of carbonyl (C=O) groups is 1. The highest BCUT2D eigenvalue weighted by Crippen LogP contribution is 2.19. The minimum atomic E-state index is 0.236. The molecule has 0 unspecified atom stereocenters. The Labute approximate surface area is 160 Å². The monoisotopic (exact) mass is 359 g/mol. The van der Waals surface area contributed by atoms with Crippen LogP contribution in [0, 0.1) is 0 Å². The van der Waals surface area contributed by atoms with Crippen molar-refractivity contribution in [3.63, 3.8) is 0 Å². The number of rotatable bonds is 5. The molecule has 138 valence electrons. The number of pyridine rings is 1. The summed E-state index contributed by atoms with van der Waals surface area (Å²) in [6.07, 6.45) is 5.21. The lowest BCUT2D eigenvalue weighted by molar-refractivity contribution is -0.132. The SMILES string of the molecule is O=C(Cc1cccc2ccccc12)N1CCN(CCc2ccncc2)CC1. The second-order valence-electron chi connectivity index (χ2n) is 7.14. The normalized spacial score (nSPS) is 15.2. The van der Waals surface area contributed by atoms with Crippen molar-refractivity contribution in [1.29, 1.82) is 0 Å². The van der Waals surface area contributed by atoms with Gasteiger partial charge in [-0.1, -0.05) is 42.5 Å². The number of aromatic nitrogens is 1. The summed E-state index contributed by atoms with van der Waals surface area (Å²) in [5.41, 5.74) is 2.44. The van der Waals surface area contributed by atoms with Crippen LogP contribution in [0.2, 0.25) is 0 Å². The molecule has 1 amide bonds. The van der Waals surface area contributed by atoms with Gasteiger partial charge in [-0.25, -0.2) is 0 Å². The Bertz CT molecular complexity index is 896. The molecule has 2 heterocycles. The van der Waals surface area contributed by atoms with E-state index in [1.807, 2.05) is 35.5 Å². The van der Waals surface area contributed by atoms with E-state index in [1.54, 1.807) is 0 Å². The summed E-state index contributed by atoms with van der Waals surface area (Å²) >= 11 is 0. The van der Waals surface area contributed by atoms with Gasteiger partial charge in [-0.2, -0.15) is 0 Å². The van der Waals surface area contributed by atoms with Crippen LogP contribution in [-0.4, -0.2) is 53.4 Å². The quantitative estimate of drug-likeness (QED) is 0.702. The van der Waals surface area contributed by atoms with E-state index < -0.39 is 0 Å². The van der Waals surface area contributed by atoms with Crippen LogP contribution in [0.15, 0.2) is 67.0 Å². The average Bonchev–Trinajstić information content (AvgIpc) is 2.74. The molecule has 3 aromatic rings. The molecule has 4 rings (SSSR count). The molecular formula is C23H25N3O. The largest absolute Gasteiger partial charge is 0.340 e. The Morgan fingerprint density at radius 3 is 2.44 bits per heavy atom. The van der Waals surface area contributed by atoms with Crippen LogP contribution in [0.1, 0.15) is 11.1 Å². The van der Waals surface area contributed by atoms with E-state index in [9.17, 15) is 4.79 Å². The van der Waals surface area contributed by atoms with Crippen molar-refractivity contribution in [3.05, 3.63) is 78.1 Å². The molecule has 4 heteroatoms. The molecule has 1 aliphatic rings. The molecule has 1 fully saturated rings. The lowest BCUT2D eigenvalue weighted by atomic mass is 10.0. The fourth-order valence-electron chi connectivity index (χ4n) is 3.78. The highest BCUT2D eigenvalue weighted by molar-refractivity contribution is 5.90. The number of amides is 1. The van der Waals surface area contributed by atoms with Gasteiger partial charge in [-0.05, 0) is 40.5 Å². The summed E-state index contributed by atoms with van der Waals surface area (Å²) in [5, 5.41) is 2.38. The average molecular weight is 359 g/mol. The Morgan fingerprint density at radius 1 is 0.889 bits per heavy atom. The van der Waals surface area contributed by atoms with Gasteiger partial charge in [0.25, 0.3) is 0 Å². The smallest absolute Gasteiger partial charge is 0.227 e. The molecule has 27 heavy (non-hydrogen) atoms. The standard InChI is InChI=1S/C23H25N3O/c27-23(18-21-6-3-5-20-4-1-2-7-22(20)21)26-16-14-25(15-17-26)13-10-19-8-11-24-12-9-19/h1-9,11-12H,10,13-18H2. The molecule has 0 spiro atoms. The first-order valence-corrected chi connectivity index (χ1v) is 9.65. The molecule has 0 radical (unpaired) electrons. The van der Waals surface area contributed by atoms with Gasteiger partial charge in [0.2, 0.25) is 5.91 Å². The van der Waals surface area contributed by atoms with E-state index in [4.69, 9.17) is 0 Å². The molecule has 0 atom stereocenters. The van der Waals surface area contributed by atoms with E-state index in [0.717, 1.165) is 44.7 Å². The first-order valence-electron chi connectivity index (χ1n) is 9.65. The number of piperazine rings is 1. The van der Waals surface area contributed by atoms with Gasteiger partial charge in [0.1, 0.15) is 0 Å². The second-order valence-corrected chi connectivity index (χ2v) is 7.14. The van der Waals surface area contributed by atoms with Gasteiger partial charge in [0, 0.05) is 45.1 Å². The molecule has 1 aliphatic heterocycles. The first-order chi connectivity index (χ1) is 13.3. The molecular weight excluding hydrogens is 334 g/mol. The zero-order valence-electron chi connectivity index (χ0n) is 15.6. The number of benzene rings is 2. The van der Waals surface area contributed by atoms with Crippen molar-refractivity contribution >= 4 is 16.7 Å². The van der Waals surface area contributed by atoms with Gasteiger partial charge in [0.05, 0.1) is 6.42 Å². The summed E-state index contributed by atoms with van der Waals surface area (Å²) in [5.74, 6) is 0.236. The number of carbonyl (C=O) groups excluding carboxylic acids is 1. The highest BCUT2D eigenvalue weighted by atomic mass is 16.2. The van der Waals surface area contributed by atoms with Gasteiger partial charge in [-0.15, -0.1) is 0 Å². The molecule has 0 aliphatic carbocycles. The van der Waals surface area contributed by atoms with Gasteiger partial charge in [-0.3, -0.25) is 14.7 Å². The summed E-state index contributed by atoms with van der Waals surface area (Å²) < 4.78 is 0. The molecule has 1 saturated heterocycles. The first kappa shape index (κ1) is 17.7. The van der Waals surface area contributed by atoms with Crippen LogP contribution in [-0.2, 0) is 17.6 Å². The van der Waals surface area contributed by atoms with Crippen molar-refractivity contribution < 1.29 is 4.79 Å². The Kier molecular flexibility index (Phi) is 5.45. The third-order valence-electron chi connectivity index (χ3n) is 5.41. The zero-order chi connectivity index (χ0) is 18.5. The molecule has 0 N–H and O–H groups in total. The predicted molar refractivity (Wildman–Crippen MR) is 109 cm³/mol. The summed E-state index contributed by atoms with van der Waals surface area (Å²) in [6, 6.07) is 18.7. The topological polar surface area (TPSA) is 36.4 Å². The van der Waals surface area contributed by atoms with Crippen LogP contribution in [0.4, 0.5) is 0 Å². The number of hydrogen-bond donors (Lipinski definition) is 0. The van der Waals surface area contributed by atoms with Crippen molar-refractivity contribution in [3.8, 4) is 0 Å². The summed E-state index contributed by atoms with van der Waals surface area (Å²) in [4.78, 5) is 21.3. The van der Waals surface area contributed by atoms with Crippen LogP contribution in [0.25, 0.3) is 10.8 Å². The Morgan fingerprint density at radius 2 is 1.63 bits per heavy atom. The Balaban J connectivity index is 1.31. The highest BCUT2D eigenvalue weighted by Gasteiger charge is 2.21. The van der Waals surface area contributed by atoms with Gasteiger partial charge >= 0.3 is 0 Å². The Hall–Kier alpha value is -2.72. The molecule has 0 saturated carbocycles. The van der Waals surface area contributed by atoms with Crippen molar-refractivity contribution in [2.24, 2.45) is 0 Å². The minimum absolute atomic E-state index is 0.236. The van der Waals surface area contributed by atoms with Crippen LogP contribution in [0.3, 0.4) is 0 Å². The lowest BCUT2D eigenvalue weighted by Gasteiger charge is -2.35. The fourth-order valence-corrected chi connectivity index (χ4v) is 3.78.